The minimum absolute atomic E-state index is 0.545. The van der Waals surface area contributed by atoms with Crippen LogP contribution in [0.3, 0.4) is 0 Å². The van der Waals surface area contributed by atoms with Crippen molar-refractivity contribution in [3.63, 3.8) is 0 Å². The second-order valence-electron chi connectivity index (χ2n) is 5.35. The lowest BCUT2D eigenvalue weighted by molar-refractivity contribution is 0.331. The minimum atomic E-state index is 0.545. The van der Waals surface area contributed by atoms with Crippen molar-refractivity contribution in [3.05, 3.63) is 23.4 Å². The Morgan fingerprint density at radius 1 is 1.26 bits per heavy atom. The second-order valence-corrected chi connectivity index (χ2v) is 5.35. The van der Waals surface area contributed by atoms with Crippen LogP contribution in [0, 0.1) is 6.92 Å². The van der Waals surface area contributed by atoms with Crippen LogP contribution in [0.5, 0.6) is 0 Å². The number of pyridine rings is 1. The van der Waals surface area contributed by atoms with E-state index in [4.69, 9.17) is 5.73 Å². The largest absolute Gasteiger partial charge is 0.370 e. The summed E-state index contributed by atoms with van der Waals surface area (Å²) in [6.07, 6.45) is 5.21. The topological polar surface area (TPSA) is 54.2 Å². The van der Waals surface area contributed by atoms with Crippen LogP contribution in [0.2, 0.25) is 0 Å². The van der Waals surface area contributed by atoms with Crippen molar-refractivity contribution in [2.24, 2.45) is 5.73 Å². The Morgan fingerprint density at radius 2 is 2.05 bits per heavy atom. The zero-order valence-corrected chi connectivity index (χ0v) is 12.0. The highest BCUT2D eigenvalue weighted by molar-refractivity contribution is 5.44. The van der Waals surface area contributed by atoms with Gasteiger partial charge in [0, 0.05) is 24.3 Å². The molecule has 3 N–H and O–H groups in total. The molecule has 0 atom stereocenters. The average Bonchev–Trinajstić information content (AvgIpc) is 2.92. The molecule has 1 saturated heterocycles. The number of nitrogens with zero attached hydrogens (tertiary/aromatic N) is 2. The number of unbranched alkanes of at least 4 members (excludes halogenated alkanes) is 1. The van der Waals surface area contributed by atoms with E-state index in [0.29, 0.717) is 6.54 Å². The molecule has 4 nitrogen and oxygen atoms in total. The summed E-state index contributed by atoms with van der Waals surface area (Å²) < 4.78 is 0. The predicted octanol–water partition coefficient (Wildman–Crippen LogP) is 2.14. The van der Waals surface area contributed by atoms with Crippen molar-refractivity contribution in [1.82, 2.24) is 9.88 Å². The molecule has 0 aromatic carbocycles. The quantitative estimate of drug-likeness (QED) is 0.739. The first kappa shape index (κ1) is 14.3. The van der Waals surface area contributed by atoms with E-state index in [-0.39, 0.29) is 0 Å². The lowest BCUT2D eigenvalue weighted by atomic mass is 10.2. The van der Waals surface area contributed by atoms with E-state index in [9.17, 15) is 0 Å². The number of aryl methyl sites for hydroxylation is 1. The molecule has 1 fully saturated rings. The number of likely N-dealkylation sites (tertiary alicyclic amines) is 1. The summed E-state index contributed by atoms with van der Waals surface area (Å²) in [6.45, 7) is 7.38. The number of nitrogens with one attached hydrogen (secondary N) is 1. The van der Waals surface area contributed by atoms with Crippen LogP contribution in [0.25, 0.3) is 0 Å². The van der Waals surface area contributed by atoms with Gasteiger partial charge in [-0.05, 0) is 58.3 Å². The van der Waals surface area contributed by atoms with Crippen molar-refractivity contribution >= 4 is 5.82 Å². The van der Waals surface area contributed by atoms with E-state index in [0.717, 1.165) is 23.6 Å². The van der Waals surface area contributed by atoms with Gasteiger partial charge in [0.05, 0.1) is 0 Å². The minimum Gasteiger partial charge on any atom is -0.370 e. The third-order valence-electron chi connectivity index (χ3n) is 3.73. The van der Waals surface area contributed by atoms with Crippen molar-refractivity contribution in [3.8, 4) is 0 Å². The molecular weight excluding hydrogens is 236 g/mol. The van der Waals surface area contributed by atoms with Crippen LogP contribution in [-0.2, 0) is 6.54 Å². The molecule has 0 bridgehead atoms. The van der Waals surface area contributed by atoms with E-state index in [1.165, 1.54) is 45.3 Å². The van der Waals surface area contributed by atoms with Gasteiger partial charge in [-0.2, -0.15) is 0 Å². The maximum Gasteiger partial charge on any atom is 0.130 e. The highest BCUT2D eigenvalue weighted by Crippen LogP contribution is 2.13. The van der Waals surface area contributed by atoms with Gasteiger partial charge >= 0.3 is 0 Å². The Balaban J connectivity index is 1.68. The molecule has 0 radical (unpaired) electrons. The Kier molecular flexibility index (Phi) is 5.61. The Bertz CT molecular complexity index is 386. The summed E-state index contributed by atoms with van der Waals surface area (Å²) in [4.78, 5) is 7.08. The lowest BCUT2D eigenvalue weighted by Crippen LogP contribution is -2.21. The predicted molar refractivity (Wildman–Crippen MR) is 80.3 cm³/mol. The molecule has 19 heavy (non-hydrogen) atoms. The Labute approximate surface area is 116 Å². The van der Waals surface area contributed by atoms with Crippen LogP contribution < -0.4 is 11.1 Å². The van der Waals surface area contributed by atoms with E-state index >= 15 is 0 Å². The van der Waals surface area contributed by atoms with Gasteiger partial charge in [0.2, 0.25) is 0 Å². The van der Waals surface area contributed by atoms with Crippen molar-refractivity contribution in [2.75, 3.05) is 31.5 Å². The first-order valence-electron chi connectivity index (χ1n) is 7.42. The number of hydrogen-bond acceptors (Lipinski definition) is 4. The maximum atomic E-state index is 5.73. The third-order valence-corrected chi connectivity index (χ3v) is 3.73. The van der Waals surface area contributed by atoms with Crippen molar-refractivity contribution in [1.29, 1.82) is 0 Å². The van der Waals surface area contributed by atoms with Gasteiger partial charge in [-0.15, -0.1) is 0 Å². The van der Waals surface area contributed by atoms with Gasteiger partial charge in [0.15, 0.2) is 0 Å². The molecular formula is C15H26N4. The first-order chi connectivity index (χ1) is 9.29. The molecule has 0 spiro atoms. The number of hydrogen-bond donors (Lipinski definition) is 2. The zero-order valence-electron chi connectivity index (χ0n) is 12.0. The summed E-state index contributed by atoms with van der Waals surface area (Å²) in [7, 11) is 0. The molecule has 1 aliphatic heterocycles. The summed E-state index contributed by atoms with van der Waals surface area (Å²) in [5, 5.41) is 3.42. The fraction of sp³-hybridized carbons (Fsp3) is 0.667. The van der Waals surface area contributed by atoms with Gasteiger partial charge in [0.1, 0.15) is 5.82 Å². The molecule has 0 amide bonds. The molecule has 1 aromatic rings. The zero-order chi connectivity index (χ0) is 13.5. The van der Waals surface area contributed by atoms with E-state index in [1.54, 1.807) is 0 Å². The SMILES string of the molecule is Cc1ccc(CN)c(NCCCCN2CCCC2)n1. The fourth-order valence-corrected chi connectivity index (χ4v) is 2.58. The molecule has 1 aliphatic rings. The smallest absolute Gasteiger partial charge is 0.130 e. The van der Waals surface area contributed by atoms with E-state index < -0.39 is 0 Å². The lowest BCUT2D eigenvalue weighted by Gasteiger charge is -2.14. The van der Waals surface area contributed by atoms with Crippen molar-refractivity contribution in [2.45, 2.75) is 39.2 Å². The normalized spacial score (nSPS) is 15.9. The van der Waals surface area contributed by atoms with Crippen LogP contribution in [0.4, 0.5) is 5.82 Å². The van der Waals surface area contributed by atoms with Gasteiger partial charge in [-0.3, -0.25) is 0 Å². The van der Waals surface area contributed by atoms with E-state index in [2.05, 4.69) is 21.3 Å². The monoisotopic (exact) mass is 262 g/mol. The van der Waals surface area contributed by atoms with Gasteiger partial charge < -0.3 is 16.0 Å². The van der Waals surface area contributed by atoms with Crippen LogP contribution in [0.15, 0.2) is 12.1 Å². The molecule has 2 heterocycles. The first-order valence-corrected chi connectivity index (χ1v) is 7.42. The van der Waals surface area contributed by atoms with Crippen LogP contribution >= 0.6 is 0 Å². The summed E-state index contributed by atoms with van der Waals surface area (Å²) >= 11 is 0. The average molecular weight is 262 g/mol. The summed E-state index contributed by atoms with van der Waals surface area (Å²) in [6, 6.07) is 4.08. The Hall–Kier alpha value is -1.13. The molecule has 2 rings (SSSR count). The molecule has 1 aromatic heterocycles. The van der Waals surface area contributed by atoms with Gasteiger partial charge in [-0.25, -0.2) is 4.98 Å². The molecule has 0 aliphatic carbocycles. The summed E-state index contributed by atoms with van der Waals surface area (Å²) in [5.74, 6) is 0.962. The number of rotatable bonds is 7. The Morgan fingerprint density at radius 3 is 2.79 bits per heavy atom. The highest BCUT2D eigenvalue weighted by Gasteiger charge is 2.10. The molecule has 106 valence electrons. The van der Waals surface area contributed by atoms with Crippen LogP contribution in [-0.4, -0.2) is 36.1 Å². The highest BCUT2D eigenvalue weighted by atomic mass is 15.1. The number of aromatic nitrogens is 1. The van der Waals surface area contributed by atoms with Gasteiger partial charge in [-0.1, -0.05) is 6.07 Å². The molecule has 0 unspecified atom stereocenters. The van der Waals surface area contributed by atoms with Crippen LogP contribution in [0.1, 0.15) is 36.9 Å². The number of nitrogens with two attached hydrogens (primary N) is 1. The van der Waals surface area contributed by atoms with Crippen molar-refractivity contribution < 1.29 is 0 Å². The molecule has 0 saturated carbocycles. The fourth-order valence-electron chi connectivity index (χ4n) is 2.58. The third kappa shape index (κ3) is 4.48. The standard InChI is InChI=1S/C15H26N4/c1-13-6-7-14(12-16)15(18-13)17-8-2-3-9-19-10-4-5-11-19/h6-7H,2-5,8-12,16H2,1H3,(H,17,18). The number of anilines is 1. The summed E-state index contributed by atoms with van der Waals surface area (Å²) in [5.41, 5.74) is 7.87. The maximum absolute atomic E-state index is 5.73. The van der Waals surface area contributed by atoms with E-state index in [1.807, 2.05) is 13.0 Å². The van der Waals surface area contributed by atoms with Gasteiger partial charge in [0.25, 0.3) is 0 Å². The second kappa shape index (κ2) is 7.46. The molecule has 4 heteroatoms.